The molecule has 2 rings (SSSR count). The predicted octanol–water partition coefficient (Wildman–Crippen LogP) is 4.24. The van der Waals surface area contributed by atoms with Gasteiger partial charge in [-0.25, -0.2) is 0 Å². The first-order valence-electron chi connectivity index (χ1n) is 5.51. The molecular formula is C15H14OS. The minimum absolute atomic E-state index is 0.0966. The van der Waals surface area contributed by atoms with Gasteiger partial charge in [0.2, 0.25) is 5.12 Å². The van der Waals surface area contributed by atoms with Crippen molar-refractivity contribution in [3.05, 3.63) is 65.2 Å². The van der Waals surface area contributed by atoms with E-state index in [1.165, 1.54) is 17.3 Å². The Morgan fingerprint density at radius 3 is 2.24 bits per heavy atom. The van der Waals surface area contributed by atoms with Crippen LogP contribution in [0.4, 0.5) is 0 Å². The fraction of sp³-hybridized carbons (Fsp3) is 0.133. The molecule has 2 heteroatoms. The molecule has 0 aliphatic rings. The summed E-state index contributed by atoms with van der Waals surface area (Å²) in [6, 6.07) is 15.6. The molecule has 0 radical (unpaired) electrons. The van der Waals surface area contributed by atoms with Gasteiger partial charge in [0.1, 0.15) is 0 Å². The third-order valence-corrected chi connectivity index (χ3v) is 3.68. The molecule has 0 saturated heterocycles. The Balaban J connectivity index is 2.17. The first-order valence-corrected chi connectivity index (χ1v) is 6.33. The Hall–Kier alpha value is -1.54. The molecule has 0 aliphatic carbocycles. The molecule has 0 unspecified atom stereocenters. The zero-order valence-corrected chi connectivity index (χ0v) is 10.8. The van der Waals surface area contributed by atoms with E-state index < -0.39 is 0 Å². The second kappa shape index (κ2) is 5.19. The van der Waals surface area contributed by atoms with Crippen LogP contribution in [0.3, 0.4) is 0 Å². The van der Waals surface area contributed by atoms with Gasteiger partial charge in [0, 0.05) is 10.5 Å². The molecule has 0 aliphatic heterocycles. The minimum atomic E-state index is 0.0966. The summed E-state index contributed by atoms with van der Waals surface area (Å²) in [5.74, 6) is 0. The fourth-order valence-corrected chi connectivity index (χ4v) is 2.35. The molecule has 0 amide bonds. The summed E-state index contributed by atoms with van der Waals surface area (Å²) in [7, 11) is 0. The fourth-order valence-electron chi connectivity index (χ4n) is 1.52. The molecule has 0 heterocycles. The van der Waals surface area contributed by atoms with Crippen molar-refractivity contribution in [1.82, 2.24) is 0 Å². The van der Waals surface area contributed by atoms with Gasteiger partial charge in [-0.1, -0.05) is 48.0 Å². The van der Waals surface area contributed by atoms with Gasteiger partial charge in [-0.15, -0.1) is 0 Å². The van der Waals surface area contributed by atoms with Crippen molar-refractivity contribution >= 4 is 16.9 Å². The molecule has 17 heavy (non-hydrogen) atoms. The lowest BCUT2D eigenvalue weighted by atomic mass is 10.2. The van der Waals surface area contributed by atoms with Gasteiger partial charge in [0.05, 0.1) is 0 Å². The summed E-state index contributed by atoms with van der Waals surface area (Å²) in [5.41, 5.74) is 3.06. The molecular weight excluding hydrogens is 228 g/mol. The van der Waals surface area contributed by atoms with E-state index in [-0.39, 0.29) is 5.12 Å². The van der Waals surface area contributed by atoms with Gasteiger partial charge in [-0.3, -0.25) is 4.79 Å². The molecule has 0 spiro atoms. The van der Waals surface area contributed by atoms with Crippen LogP contribution < -0.4 is 0 Å². The van der Waals surface area contributed by atoms with Crippen LogP contribution in [0.1, 0.15) is 21.5 Å². The van der Waals surface area contributed by atoms with E-state index in [1.54, 1.807) is 0 Å². The zero-order chi connectivity index (χ0) is 12.3. The van der Waals surface area contributed by atoms with Crippen LogP contribution in [0.15, 0.2) is 53.4 Å². The Morgan fingerprint density at radius 2 is 1.59 bits per heavy atom. The van der Waals surface area contributed by atoms with Gasteiger partial charge in [0.15, 0.2) is 0 Å². The van der Waals surface area contributed by atoms with E-state index in [1.807, 2.05) is 62.4 Å². The highest BCUT2D eigenvalue weighted by Crippen LogP contribution is 2.25. The Labute approximate surface area is 106 Å². The number of carbonyl (C=O) groups excluding carboxylic acids is 1. The maximum Gasteiger partial charge on any atom is 0.224 e. The minimum Gasteiger partial charge on any atom is -0.281 e. The van der Waals surface area contributed by atoms with Crippen molar-refractivity contribution in [3.8, 4) is 0 Å². The van der Waals surface area contributed by atoms with Gasteiger partial charge >= 0.3 is 0 Å². The van der Waals surface area contributed by atoms with E-state index in [4.69, 9.17) is 0 Å². The van der Waals surface area contributed by atoms with Crippen LogP contribution in [0, 0.1) is 13.8 Å². The Kier molecular flexibility index (Phi) is 3.64. The average molecular weight is 242 g/mol. The number of rotatable bonds is 2. The largest absolute Gasteiger partial charge is 0.281 e. The molecule has 0 N–H and O–H groups in total. The highest BCUT2D eigenvalue weighted by Gasteiger charge is 2.08. The smallest absolute Gasteiger partial charge is 0.224 e. The quantitative estimate of drug-likeness (QED) is 0.733. The van der Waals surface area contributed by atoms with Gasteiger partial charge in [-0.05, 0) is 37.2 Å². The van der Waals surface area contributed by atoms with Crippen molar-refractivity contribution < 1.29 is 4.79 Å². The molecule has 0 fully saturated rings. The maximum atomic E-state index is 12.0. The predicted molar refractivity (Wildman–Crippen MR) is 72.5 cm³/mol. The lowest BCUT2D eigenvalue weighted by molar-refractivity contribution is 0.108. The maximum absolute atomic E-state index is 12.0. The number of thioether (sulfide) groups is 1. The lowest BCUT2D eigenvalue weighted by Gasteiger charge is -2.04. The van der Waals surface area contributed by atoms with E-state index in [2.05, 4.69) is 0 Å². The first-order chi connectivity index (χ1) is 8.16. The lowest BCUT2D eigenvalue weighted by Crippen LogP contribution is -1.93. The van der Waals surface area contributed by atoms with Gasteiger partial charge < -0.3 is 0 Å². The van der Waals surface area contributed by atoms with E-state index in [0.29, 0.717) is 0 Å². The number of hydrogen-bond acceptors (Lipinski definition) is 2. The monoisotopic (exact) mass is 242 g/mol. The molecule has 0 aromatic heterocycles. The highest BCUT2D eigenvalue weighted by atomic mass is 32.2. The normalized spacial score (nSPS) is 10.2. The van der Waals surface area contributed by atoms with Crippen LogP contribution >= 0.6 is 11.8 Å². The Morgan fingerprint density at radius 1 is 0.941 bits per heavy atom. The molecule has 0 saturated carbocycles. The van der Waals surface area contributed by atoms with Crippen molar-refractivity contribution in [3.63, 3.8) is 0 Å². The number of aryl methyl sites for hydroxylation is 2. The topological polar surface area (TPSA) is 17.1 Å². The van der Waals surface area contributed by atoms with E-state index >= 15 is 0 Å². The first kappa shape index (κ1) is 11.9. The average Bonchev–Trinajstić information content (AvgIpc) is 2.33. The summed E-state index contributed by atoms with van der Waals surface area (Å²) in [5, 5.41) is 0.0966. The SMILES string of the molecule is Cc1ccc(C(=O)Sc2ccccc2C)cc1. The van der Waals surface area contributed by atoms with Crippen LogP contribution in [0.25, 0.3) is 0 Å². The van der Waals surface area contributed by atoms with Crippen molar-refractivity contribution in [2.45, 2.75) is 18.7 Å². The molecule has 1 nitrogen and oxygen atoms in total. The van der Waals surface area contributed by atoms with Gasteiger partial charge in [0.25, 0.3) is 0 Å². The van der Waals surface area contributed by atoms with Crippen LogP contribution in [0.2, 0.25) is 0 Å². The van der Waals surface area contributed by atoms with Crippen LogP contribution in [-0.4, -0.2) is 5.12 Å². The van der Waals surface area contributed by atoms with Crippen molar-refractivity contribution in [2.24, 2.45) is 0 Å². The standard InChI is InChI=1S/C15H14OS/c1-11-7-9-13(10-8-11)15(16)17-14-6-4-3-5-12(14)2/h3-10H,1-2H3. The molecule has 0 atom stereocenters. The highest BCUT2D eigenvalue weighted by molar-refractivity contribution is 8.14. The van der Waals surface area contributed by atoms with Crippen molar-refractivity contribution in [1.29, 1.82) is 0 Å². The Bertz CT molecular complexity index is 529. The molecule has 2 aromatic rings. The van der Waals surface area contributed by atoms with Crippen LogP contribution in [0.5, 0.6) is 0 Å². The second-order valence-electron chi connectivity index (χ2n) is 4.02. The van der Waals surface area contributed by atoms with Gasteiger partial charge in [-0.2, -0.15) is 0 Å². The molecule has 86 valence electrons. The molecule has 0 bridgehead atoms. The number of benzene rings is 2. The summed E-state index contributed by atoms with van der Waals surface area (Å²) in [6.45, 7) is 4.04. The number of hydrogen-bond donors (Lipinski definition) is 0. The second-order valence-corrected chi connectivity index (χ2v) is 5.04. The third-order valence-electron chi connectivity index (χ3n) is 2.58. The van der Waals surface area contributed by atoms with Crippen LogP contribution in [-0.2, 0) is 0 Å². The summed E-state index contributed by atoms with van der Waals surface area (Å²) >= 11 is 1.29. The van der Waals surface area contributed by atoms with E-state index in [9.17, 15) is 4.79 Å². The van der Waals surface area contributed by atoms with Crippen molar-refractivity contribution in [2.75, 3.05) is 0 Å². The zero-order valence-electron chi connectivity index (χ0n) is 9.94. The summed E-state index contributed by atoms with van der Waals surface area (Å²) < 4.78 is 0. The third kappa shape index (κ3) is 2.98. The van der Waals surface area contributed by atoms with E-state index in [0.717, 1.165) is 16.0 Å². The summed E-state index contributed by atoms with van der Waals surface area (Å²) in [6.07, 6.45) is 0. The summed E-state index contributed by atoms with van der Waals surface area (Å²) in [4.78, 5) is 13.1. The number of carbonyl (C=O) groups is 1. The molecule has 2 aromatic carbocycles.